The van der Waals surface area contributed by atoms with E-state index in [1.54, 1.807) is 26.2 Å². The number of hydrogen-bond acceptors (Lipinski definition) is 15. The summed E-state index contributed by atoms with van der Waals surface area (Å²) in [6.45, 7) is 6.51. The molecule has 55 heavy (non-hydrogen) atoms. The Labute approximate surface area is 316 Å². The molecular formula is C40H42N2O13. The maximum atomic E-state index is 14.6. The summed E-state index contributed by atoms with van der Waals surface area (Å²) in [6.07, 6.45) is 3.28. The molecule has 290 valence electrons. The van der Waals surface area contributed by atoms with Gasteiger partial charge in [0.15, 0.2) is 17.0 Å². The molecule has 1 aromatic heterocycles. The number of pyridine rings is 1. The first-order chi connectivity index (χ1) is 26.1. The number of nitrogens with two attached hydrogens (primary N) is 1. The van der Waals surface area contributed by atoms with Gasteiger partial charge in [0, 0.05) is 68.0 Å². The number of carbonyl (C=O) groups is 5. The molecule has 0 bridgehead atoms. The second-order valence-corrected chi connectivity index (χ2v) is 14.1. The molecule has 2 unspecified atom stereocenters. The van der Waals surface area contributed by atoms with Crippen molar-refractivity contribution in [2.75, 3.05) is 27.9 Å². The summed E-state index contributed by atoms with van der Waals surface area (Å²) in [7, 11) is 3.86. The minimum atomic E-state index is -3.09. The molecule has 0 amide bonds. The highest BCUT2D eigenvalue weighted by atomic mass is 16.5. The van der Waals surface area contributed by atoms with Crippen LogP contribution in [0.3, 0.4) is 0 Å². The molecule has 2 heterocycles. The first-order valence-corrected chi connectivity index (χ1v) is 17.5. The molecule has 3 aromatic rings. The van der Waals surface area contributed by atoms with E-state index in [0.29, 0.717) is 23.1 Å². The maximum Gasteiger partial charge on any atom is 0.341 e. The fourth-order valence-electron chi connectivity index (χ4n) is 7.99. The Kier molecular flexibility index (Phi) is 10.5. The van der Waals surface area contributed by atoms with E-state index in [9.17, 15) is 39.3 Å². The molecule has 15 heteroatoms. The van der Waals surface area contributed by atoms with Crippen LogP contribution in [0.4, 0.5) is 0 Å². The van der Waals surface area contributed by atoms with Gasteiger partial charge in [0.1, 0.15) is 23.7 Å². The minimum absolute atomic E-state index is 0.147. The van der Waals surface area contributed by atoms with Gasteiger partial charge < -0.3 is 44.7 Å². The summed E-state index contributed by atoms with van der Waals surface area (Å²) >= 11 is 0. The van der Waals surface area contributed by atoms with Crippen LogP contribution in [0, 0.1) is 12.8 Å². The molecule has 6 atom stereocenters. The Bertz CT molecular complexity index is 2150. The number of allylic oxidation sites excluding steroid dienone is 2. The quantitative estimate of drug-likeness (QED) is 0.265. The van der Waals surface area contributed by atoms with E-state index in [0.717, 1.165) is 39.4 Å². The van der Waals surface area contributed by atoms with Gasteiger partial charge in [-0.15, -0.1) is 0 Å². The third-order valence-corrected chi connectivity index (χ3v) is 10.7. The number of aromatic hydroxyl groups is 1. The number of nitrogens with zero attached hydrogens (tertiary/aromatic N) is 1. The molecule has 1 saturated heterocycles. The lowest BCUT2D eigenvalue weighted by molar-refractivity contribution is -0.181. The van der Waals surface area contributed by atoms with Crippen molar-refractivity contribution in [3.05, 3.63) is 98.5 Å². The molecule has 0 saturated carbocycles. The Morgan fingerprint density at radius 2 is 1.80 bits per heavy atom. The number of phenolic OH excluding ortho intramolecular Hbond substituents is 1. The highest BCUT2D eigenvalue weighted by Gasteiger charge is 2.72. The number of carbonyl (C=O) groups excluding carboxylic acids is 5. The number of benzene rings is 2. The number of fused-ring (bicyclic) bond motifs is 5. The largest absolute Gasteiger partial charge is 0.506 e. The number of methoxy groups -OCH3 is 3. The Balaban J connectivity index is 0.000000448. The van der Waals surface area contributed by atoms with Crippen molar-refractivity contribution in [2.24, 2.45) is 11.7 Å². The van der Waals surface area contributed by atoms with Gasteiger partial charge in [0.25, 0.3) is 0 Å². The van der Waals surface area contributed by atoms with Gasteiger partial charge in [-0.05, 0) is 49.4 Å². The van der Waals surface area contributed by atoms with Crippen LogP contribution >= 0.6 is 0 Å². The number of esters is 1. The lowest BCUT2D eigenvalue weighted by atomic mass is 9.56. The second-order valence-electron chi connectivity index (χ2n) is 14.1. The second kappa shape index (κ2) is 14.7. The topological polar surface area (TPSA) is 231 Å². The number of hydrogen-bond donors (Lipinski definition) is 4. The maximum absolute atomic E-state index is 14.6. The third-order valence-electron chi connectivity index (χ3n) is 10.7. The predicted octanol–water partition coefficient (Wildman–Crippen LogP) is 2.70. The van der Waals surface area contributed by atoms with Gasteiger partial charge in [0.2, 0.25) is 17.3 Å². The van der Waals surface area contributed by atoms with Crippen molar-refractivity contribution in [1.82, 2.24) is 4.98 Å². The van der Waals surface area contributed by atoms with Crippen LogP contribution in [-0.2, 0) is 37.6 Å². The number of phenols is 1. The van der Waals surface area contributed by atoms with Crippen LogP contribution in [0.2, 0.25) is 0 Å². The summed E-state index contributed by atoms with van der Waals surface area (Å²) < 4.78 is 27.4. The molecule has 15 nitrogen and oxygen atoms in total. The summed E-state index contributed by atoms with van der Waals surface area (Å²) in [6, 6.07) is 5.67. The summed E-state index contributed by atoms with van der Waals surface area (Å²) in [5.74, 6) is -5.88. The zero-order chi connectivity index (χ0) is 40.1. The summed E-state index contributed by atoms with van der Waals surface area (Å²) in [4.78, 5) is 72.0. The molecular weight excluding hydrogens is 716 g/mol. The molecule has 4 aliphatic rings. The van der Waals surface area contributed by atoms with Crippen molar-refractivity contribution in [3.8, 4) is 11.5 Å². The number of Topliss-reactive ketones (excluding diaryl/α,β-unsaturated/α-hetero) is 3. The SMILES string of the molecule is COC(=O)c1c(C)cc2c(c1OCc1cccnc1)[C@]1(O)C(=O)c3cc4c(c(O)c3C(=O)[C@]1(OC)C(O)C2)C(=O)C=C(N)C4=O.COC1C[C@@H](C)CO[C@H]1C. The van der Waals surface area contributed by atoms with E-state index >= 15 is 0 Å². The number of ether oxygens (including phenoxy) is 5. The average molecular weight is 759 g/mol. The Hall–Kier alpha value is -5.32. The molecule has 0 radical (unpaired) electrons. The number of aliphatic hydroxyl groups is 2. The van der Waals surface area contributed by atoms with Gasteiger partial charge in [-0.1, -0.05) is 19.1 Å². The van der Waals surface area contributed by atoms with Crippen LogP contribution < -0.4 is 10.5 Å². The van der Waals surface area contributed by atoms with E-state index in [1.165, 1.54) is 18.5 Å². The monoisotopic (exact) mass is 758 g/mol. The first kappa shape index (κ1) is 39.4. The third kappa shape index (κ3) is 6.03. The van der Waals surface area contributed by atoms with Crippen LogP contribution in [-0.4, -0.2) is 101 Å². The fourth-order valence-corrected chi connectivity index (χ4v) is 7.99. The number of aryl methyl sites for hydroxylation is 1. The molecule has 7 rings (SSSR count). The Morgan fingerprint density at radius 3 is 2.42 bits per heavy atom. The number of ketones is 4. The van der Waals surface area contributed by atoms with E-state index in [4.69, 9.17) is 29.4 Å². The van der Waals surface area contributed by atoms with Crippen LogP contribution in [0.25, 0.3) is 0 Å². The van der Waals surface area contributed by atoms with E-state index in [2.05, 4.69) is 18.8 Å². The van der Waals surface area contributed by atoms with Crippen LogP contribution in [0.5, 0.6) is 11.5 Å². The van der Waals surface area contributed by atoms with Gasteiger partial charge in [-0.3, -0.25) is 24.2 Å². The van der Waals surface area contributed by atoms with Crippen molar-refractivity contribution in [1.29, 1.82) is 0 Å². The van der Waals surface area contributed by atoms with Crippen LogP contribution in [0.1, 0.15) is 94.3 Å². The van der Waals surface area contributed by atoms with Gasteiger partial charge in [-0.25, -0.2) is 4.79 Å². The van der Waals surface area contributed by atoms with Crippen molar-refractivity contribution >= 4 is 29.1 Å². The van der Waals surface area contributed by atoms with Gasteiger partial charge in [0.05, 0.1) is 42.2 Å². The summed E-state index contributed by atoms with van der Waals surface area (Å²) in [5, 5.41) is 35.5. The van der Waals surface area contributed by atoms with Crippen molar-refractivity contribution < 1.29 is 63.0 Å². The van der Waals surface area contributed by atoms with Crippen molar-refractivity contribution in [2.45, 2.75) is 69.7 Å². The predicted molar refractivity (Wildman–Crippen MR) is 192 cm³/mol. The molecule has 3 aliphatic carbocycles. The normalized spacial score (nSPS) is 26.7. The molecule has 0 spiro atoms. The zero-order valence-electron chi connectivity index (χ0n) is 31.1. The van der Waals surface area contributed by atoms with E-state index < -0.39 is 80.1 Å². The smallest absolute Gasteiger partial charge is 0.341 e. The number of rotatable bonds is 6. The highest BCUT2D eigenvalue weighted by molar-refractivity contribution is 6.30. The minimum Gasteiger partial charge on any atom is -0.506 e. The molecule has 1 fully saturated rings. The highest BCUT2D eigenvalue weighted by Crippen LogP contribution is 2.57. The van der Waals surface area contributed by atoms with Crippen LogP contribution in [0.15, 0.2) is 48.4 Å². The standard InChI is InChI=1S/C32H26N2O11.C8H16O2/c1-13-7-15-8-20(36)32(44-3)29(40)23-17(9-16-22(26(23)38)19(35)10-18(33)25(16)37)28(39)31(32,42)24(15)27(21(13)30(41)43-2)45-12-14-5-4-6-34-11-14;1-6-4-8(9-3)7(2)10-5-6/h4-7,9-11,20,36,38,42H,8,12,33H2,1-3H3;6-8H,4-5H2,1-3H3/t20?,31-,32+;6-,7+,8?/m01/s1. The molecule has 1 aliphatic heterocycles. The lowest BCUT2D eigenvalue weighted by Gasteiger charge is -2.53. The first-order valence-electron chi connectivity index (χ1n) is 17.5. The van der Waals surface area contributed by atoms with Gasteiger partial charge in [-0.2, -0.15) is 0 Å². The molecule has 2 aromatic carbocycles. The Morgan fingerprint density at radius 1 is 1.07 bits per heavy atom. The fraction of sp³-hybridized carbons (Fsp3) is 0.400. The number of aliphatic hydroxyl groups excluding tert-OH is 1. The van der Waals surface area contributed by atoms with Crippen molar-refractivity contribution in [3.63, 3.8) is 0 Å². The van der Waals surface area contributed by atoms with E-state index in [1.807, 2.05) is 0 Å². The van der Waals surface area contributed by atoms with E-state index in [-0.39, 0.29) is 41.6 Å². The lowest BCUT2D eigenvalue weighted by Crippen LogP contribution is -2.73. The molecule has 5 N–H and O–H groups in total. The number of aromatic nitrogens is 1. The van der Waals surface area contributed by atoms with Gasteiger partial charge >= 0.3 is 5.97 Å². The average Bonchev–Trinajstić information content (AvgIpc) is 3.16. The zero-order valence-corrected chi connectivity index (χ0v) is 31.1. The summed E-state index contributed by atoms with van der Waals surface area (Å²) in [5.41, 5.74) is -2.59.